The first-order chi connectivity index (χ1) is 10.2. The fourth-order valence-corrected chi connectivity index (χ4v) is 2.30. The predicted octanol–water partition coefficient (Wildman–Crippen LogP) is 0.600. The summed E-state index contributed by atoms with van der Waals surface area (Å²) in [6.07, 6.45) is 4.77. The monoisotopic (exact) mass is 289 g/mol. The molecule has 0 saturated carbocycles. The summed E-state index contributed by atoms with van der Waals surface area (Å²) in [5.74, 6) is 5.92. The van der Waals surface area contributed by atoms with Crippen LogP contribution >= 0.6 is 0 Å². The number of ether oxygens (including phenoxy) is 1. The molecule has 21 heavy (non-hydrogen) atoms. The third-order valence-electron chi connectivity index (χ3n) is 3.36. The number of aliphatic hydroxyl groups excluding tert-OH is 1. The van der Waals surface area contributed by atoms with Gasteiger partial charge in [0.15, 0.2) is 0 Å². The average Bonchev–Trinajstić information content (AvgIpc) is 2.53. The molecule has 0 amide bonds. The lowest BCUT2D eigenvalue weighted by molar-refractivity contribution is -0.148. The van der Waals surface area contributed by atoms with Crippen molar-refractivity contribution in [1.82, 2.24) is 9.97 Å². The minimum atomic E-state index is -0.198. The number of hydrogen-bond acceptors (Lipinski definition) is 6. The lowest BCUT2D eigenvalue weighted by Crippen LogP contribution is -2.37. The van der Waals surface area contributed by atoms with E-state index in [1.54, 1.807) is 12.4 Å². The van der Waals surface area contributed by atoms with E-state index in [0.717, 1.165) is 31.7 Å². The second-order valence-electron chi connectivity index (χ2n) is 4.74. The standard InChI is InChI=1S/C15H19N3O3/c1-2-21-15(20)12-5-7-18(8-6-12)14-11-16-10-13(17-14)4-3-9-19/h10-12,19H,2,5-9H2,1H3. The molecule has 1 aliphatic heterocycles. The van der Waals surface area contributed by atoms with Crippen molar-refractivity contribution in [1.29, 1.82) is 0 Å². The van der Waals surface area contributed by atoms with Gasteiger partial charge in [-0.3, -0.25) is 9.78 Å². The first-order valence-electron chi connectivity index (χ1n) is 7.08. The highest BCUT2D eigenvalue weighted by Gasteiger charge is 2.26. The van der Waals surface area contributed by atoms with E-state index in [1.807, 2.05) is 6.92 Å². The smallest absolute Gasteiger partial charge is 0.309 e. The van der Waals surface area contributed by atoms with E-state index < -0.39 is 0 Å². The van der Waals surface area contributed by atoms with Crippen molar-refractivity contribution in [3.63, 3.8) is 0 Å². The van der Waals surface area contributed by atoms with Crippen LogP contribution in [-0.4, -0.2) is 47.3 Å². The van der Waals surface area contributed by atoms with Gasteiger partial charge in [-0.1, -0.05) is 5.92 Å². The molecular weight excluding hydrogens is 270 g/mol. The highest BCUT2D eigenvalue weighted by Crippen LogP contribution is 2.22. The zero-order valence-electron chi connectivity index (χ0n) is 12.1. The number of aromatic nitrogens is 2. The Bertz CT molecular complexity index is 543. The molecule has 0 bridgehead atoms. The van der Waals surface area contributed by atoms with Crippen molar-refractivity contribution >= 4 is 11.8 Å². The number of hydrogen-bond donors (Lipinski definition) is 1. The van der Waals surface area contributed by atoms with Crippen molar-refractivity contribution in [3.8, 4) is 11.8 Å². The number of carbonyl (C=O) groups is 1. The van der Waals surface area contributed by atoms with E-state index in [4.69, 9.17) is 9.84 Å². The van der Waals surface area contributed by atoms with Crippen molar-refractivity contribution in [2.45, 2.75) is 19.8 Å². The summed E-state index contributed by atoms with van der Waals surface area (Å²) in [4.78, 5) is 22.3. The van der Waals surface area contributed by atoms with Crippen LogP contribution in [0.1, 0.15) is 25.5 Å². The largest absolute Gasteiger partial charge is 0.466 e. The molecule has 1 fully saturated rings. The predicted molar refractivity (Wildman–Crippen MR) is 77.6 cm³/mol. The first-order valence-corrected chi connectivity index (χ1v) is 7.08. The normalized spacial score (nSPS) is 15.2. The average molecular weight is 289 g/mol. The summed E-state index contributed by atoms with van der Waals surface area (Å²) in [7, 11) is 0. The fourth-order valence-electron chi connectivity index (χ4n) is 2.30. The Labute approximate surface area is 124 Å². The van der Waals surface area contributed by atoms with Crippen LogP contribution in [0.2, 0.25) is 0 Å². The molecule has 6 nitrogen and oxygen atoms in total. The van der Waals surface area contributed by atoms with Crippen LogP contribution in [0.5, 0.6) is 0 Å². The Morgan fingerprint density at radius 2 is 2.24 bits per heavy atom. The van der Waals surface area contributed by atoms with Crippen molar-refractivity contribution in [2.24, 2.45) is 5.92 Å². The van der Waals surface area contributed by atoms with Crippen LogP contribution in [-0.2, 0) is 9.53 Å². The van der Waals surface area contributed by atoms with Gasteiger partial charge in [0.1, 0.15) is 18.1 Å². The van der Waals surface area contributed by atoms with Crippen LogP contribution in [0, 0.1) is 17.8 Å². The number of carbonyl (C=O) groups excluding carboxylic acids is 1. The molecule has 0 aliphatic carbocycles. The highest BCUT2D eigenvalue weighted by atomic mass is 16.5. The van der Waals surface area contributed by atoms with Crippen LogP contribution in [0.3, 0.4) is 0 Å². The van der Waals surface area contributed by atoms with Gasteiger partial charge in [0.25, 0.3) is 0 Å². The Kier molecular flexibility index (Phi) is 5.52. The number of esters is 1. The quantitative estimate of drug-likeness (QED) is 0.649. The van der Waals surface area contributed by atoms with E-state index in [1.165, 1.54) is 0 Å². The topological polar surface area (TPSA) is 75.5 Å². The molecule has 1 aromatic heterocycles. The molecule has 6 heteroatoms. The van der Waals surface area contributed by atoms with Gasteiger partial charge >= 0.3 is 5.97 Å². The maximum Gasteiger partial charge on any atom is 0.309 e. The minimum absolute atomic E-state index is 0.0217. The molecule has 1 N–H and O–H groups in total. The SMILES string of the molecule is CCOC(=O)C1CCN(c2cncc(C#CCO)n2)CC1. The maximum absolute atomic E-state index is 11.7. The van der Waals surface area contributed by atoms with E-state index >= 15 is 0 Å². The summed E-state index contributed by atoms with van der Waals surface area (Å²) in [5, 5.41) is 8.69. The Morgan fingerprint density at radius 1 is 1.48 bits per heavy atom. The van der Waals surface area contributed by atoms with Gasteiger partial charge in [0.2, 0.25) is 0 Å². The zero-order chi connectivity index (χ0) is 15.1. The lowest BCUT2D eigenvalue weighted by atomic mass is 9.97. The molecule has 0 radical (unpaired) electrons. The highest BCUT2D eigenvalue weighted by molar-refractivity contribution is 5.72. The van der Waals surface area contributed by atoms with Crippen molar-refractivity contribution in [3.05, 3.63) is 18.1 Å². The number of aliphatic hydroxyl groups is 1. The van der Waals surface area contributed by atoms with Crippen molar-refractivity contribution < 1.29 is 14.6 Å². The Morgan fingerprint density at radius 3 is 2.90 bits per heavy atom. The lowest BCUT2D eigenvalue weighted by Gasteiger charge is -2.31. The number of anilines is 1. The molecule has 0 unspecified atom stereocenters. The van der Waals surface area contributed by atoms with E-state index in [0.29, 0.717) is 12.3 Å². The second kappa shape index (κ2) is 7.60. The fraction of sp³-hybridized carbons (Fsp3) is 0.533. The van der Waals surface area contributed by atoms with Gasteiger partial charge < -0.3 is 14.7 Å². The van der Waals surface area contributed by atoms with E-state index in [2.05, 4.69) is 26.7 Å². The summed E-state index contributed by atoms with van der Waals surface area (Å²) >= 11 is 0. The molecular formula is C15H19N3O3. The molecule has 0 spiro atoms. The Hall–Kier alpha value is -2.13. The maximum atomic E-state index is 11.7. The molecule has 1 aliphatic rings. The number of rotatable bonds is 3. The first kappa shape index (κ1) is 15.3. The number of piperidine rings is 1. The number of nitrogens with zero attached hydrogens (tertiary/aromatic N) is 3. The van der Waals surface area contributed by atoms with Gasteiger partial charge in [-0.05, 0) is 25.7 Å². The molecule has 0 aromatic carbocycles. The van der Waals surface area contributed by atoms with Crippen LogP contribution in [0.25, 0.3) is 0 Å². The second-order valence-corrected chi connectivity index (χ2v) is 4.74. The van der Waals surface area contributed by atoms with Gasteiger partial charge in [0.05, 0.1) is 24.9 Å². The molecule has 2 heterocycles. The van der Waals surface area contributed by atoms with Gasteiger partial charge in [-0.15, -0.1) is 0 Å². The summed E-state index contributed by atoms with van der Waals surface area (Å²) < 4.78 is 5.06. The molecule has 112 valence electrons. The van der Waals surface area contributed by atoms with Crippen molar-refractivity contribution in [2.75, 3.05) is 31.2 Å². The minimum Gasteiger partial charge on any atom is -0.466 e. The van der Waals surface area contributed by atoms with Crippen LogP contribution in [0.4, 0.5) is 5.82 Å². The van der Waals surface area contributed by atoms with Crippen LogP contribution in [0.15, 0.2) is 12.4 Å². The summed E-state index contributed by atoms with van der Waals surface area (Å²) in [6.45, 7) is 3.54. The van der Waals surface area contributed by atoms with E-state index in [-0.39, 0.29) is 18.5 Å². The summed E-state index contributed by atoms with van der Waals surface area (Å²) in [5.41, 5.74) is 0.536. The zero-order valence-corrected chi connectivity index (χ0v) is 12.1. The molecule has 1 aromatic rings. The van der Waals surface area contributed by atoms with Gasteiger partial charge in [-0.2, -0.15) is 0 Å². The third-order valence-corrected chi connectivity index (χ3v) is 3.36. The third kappa shape index (κ3) is 4.17. The Balaban J connectivity index is 1.97. The molecule has 2 rings (SSSR count). The van der Waals surface area contributed by atoms with E-state index in [9.17, 15) is 4.79 Å². The van der Waals surface area contributed by atoms with Gasteiger partial charge in [-0.25, -0.2) is 4.98 Å². The van der Waals surface area contributed by atoms with Gasteiger partial charge in [0, 0.05) is 13.1 Å². The van der Waals surface area contributed by atoms with Crippen LogP contribution < -0.4 is 4.90 Å². The molecule has 0 atom stereocenters. The molecule has 1 saturated heterocycles. The summed E-state index contributed by atoms with van der Waals surface area (Å²) in [6, 6.07) is 0.